The highest BCUT2D eigenvalue weighted by Crippen LogP contribution is 2.27. The van der Waals surface area contributed by atoms with Crippen LogP contribution < -0.4 is 10.1 Å². The first-order valence-corrected chi connectivity index (χ1v) is 6.44. The van der Waals surface area contributed by atoms with E-state index in [9.17, 15) is 9.59 Å². The number of ether oxygens (including phenoxy) is 1. The van der Waals surface area contributed by atoms with E-state index in [2.05, 4.69) is 5.32 Å². The van der Waals surface area contributed by atoms with Crippen molar-refractivity contribution in [2.75, 3.05) is 12.4 Å². The Morgan fingerprint density at radius 2 is 1.75 bits per heavy atom. The van der Waals surface area contributed by atoms with E-state index in [4.69, 9.17) is 9.84 Å². The molecule has 1 amide bonds. The Hall–Kier alpha value is -2.30. The van der Waals surface area contributed by atoms with E-state index in [-0.39, 0.29) is 5.91 Å². The first-order chi connectivity index (χ1) is 9.61. The molecule has 5 heteroatoms. The molecule has 106 valence electrons. The van der Waals surface area contributed by atoms with Crippen LogP contribution in [0.1, 0.15) is 12.8 Å². The quantitative estimate of drug-likeness (QED) is 0.827. The van der Waals surface area contributed by atoms with Gasteiger partial charge in [-0.3, -0.25) is 9.59 Å². The minimum atomic E-state index is -0.927. The van der Waals surface area contributed by atoms with Crippen LogP contribution in [-0.4, -0.2) is 24.1 Å². The number of nitrogens with one attached hydrogen (secondary N) is 1. The number of carboxylic acids is 1. The van der Waals surface area contributed by atoms with E-state index < -0.39 is 17.8 Å². The van der Waals surface area contributed by atoms with E-state index in [0.29, 0.717) is 24.3 Å². The number of amides is 1. The minimum Gasteiger partial charge on any atom is -0.497 e. The lowest BCUT2D eigenvalue weighted by Gasteiger charge is -2.24. The third-order valence-corrected chi connectivity index (χ3v) is 3.44. The molecule has 0 saturated carbocycles. The highest BCUT2D eigenvalue weighted by atomic mass is 16.5. The van der Waals surface area contributed by atoms with Gasteiger partial charge in [-0.2, -0.15) is 0 Å². The number of benzene rings is 1. The molecule has 1 aromatic rings. The molecule has 0 bridgehead atoms. The van der Waals surface area contributed by atoms with Gasteiger partial charge in [-0.05, 0) is 37.1 Å². The van der Waals surface area contributed by atoms with Gasteiger partial charge in [-0.25, -0.2) is 0 Å². The maximum atomic E-state index is 12.2. The van der Waals surface area contributed by atoms with Gasteiger partial charge in [0, 0.05) is 5.69 Å². The third kappa shape index (κ3) is 3.17. The summed E-state index contributed by atoms with van der Waals surface area (Å²) in [5, 5.41) is 11.9. The number of aliphatic carboxylic acids is 1. The Morgan fingerprint density at radius 3 is 2.30 bits per heavy atom. The zero-order chi connectivity index (χ0) is 14.5. The van der Waals surface area contributed by atoms with Crippen LogP contribution in [0.25, 0.3) is 0 Å². The van der Waals surface area contributed by atoms with Crippen molar-refractivity contribution in [3.05, 3.63) is 36.4 Å². The van der Waals surface area contributed by atoms with E-state index in [1.807, 2.05) is 12.2 Å². The lowest BCUT2D eigenvalue weighted by molar-refractivity contribution is -0.146. The van der Waals surface area contributed by atoms with Crippen LogP contribution in [0.5, 0.6) is 5.75 Å². The molecule has 0 heterocycles. The van der Waals surface area contributed by atoms with Gasteiger partial charge >= 0.3 is 5.97 Å². The lowest BCUT2D eigenvalue weighted by Crippen LogP contribution is -2.34. The normalized spacial score (nSPS) is 21.2. The number of hydrogen-bond donors (Lipinski definition) is 2. The molecule has 0 radical (unpaired) electrons. The summed E-state index contributed by atoms with van der Waals surface area (Å²) in [4.78, 5) is 23.4. The van der Waals surface area contributed by atoms with Crippen molar-refractivity contribution in [2.45, 2.75) is 12.8 Å². The summed E-state index contributed by atoms with van der Waals surface area (Å²) >= 11 is 0. The monoisotopic (exact) mass is 275 g/mol. The molecule has 2 rings (SSSR count). The highest BCUT2D eigenvalue weighted by Gasteiger charge is 2.33. The fraction of sp³-hybridized carbons (Fsp3) is 0.333. The van der Waals surface area contributed by atoms with Gasteiger partial charge in [0.2, 0.25) is 5.91 Å². The Labute approximate surface area is 117 Å². The molecule has 2 atom stereocenters. The van der Waals surface area contributed by atoms with Gasteiger partial charge in [-0.1, -0.05) is 12.2 Å². The van der Waals surface area contributed by atoms with Crippen molar-refractivity contribution in [1.29, 1.82) is 0 Å². The second-order valence-corrected chi connectivity index (χ2v) is 4.71. The zero-order valence-corrected chi connectivity index (χ0v) is 11.2. The Morgan fingerprint density at radius 1 is 1.15 bits per heavy atom. The summed E-state index contributed by atoms with van der Waals surface area (Å²) < 4.78 is 5.04. The maximum absolute atomic E-state index is 12.2. The van der Waals surface area contributed by atoms with E-state index >= 15 is 0 Å². The fourth-order valence-corrected chi connectivity index (χ4v) is 2.29. The SMILES string of the molecule is COc1ccc(NC(=O)[C@H]2CC=CC[C@@H]2C(=O)O)cc1. The molecule has 5 nitrogen and oxygen atoms in total. The number of carbonyl (C=O) groups is 2. The van der Waals surface area contributed by atoms with Gasteiger partial charge in [0.25, 0.3) is 0 Å². The van der Waals surface area contributed by atoms with Gasteiger partial charge in [0.05, 0.1) is 18.9 Å². The van der Waals surface area contributed by atoms with Crippen molar-refractivity contribution < 1.29 is 19.4 Å². The van der Waals surface area contributed by atoms with Crippen LogP contribution in [0.3, 0.4) is 0 Å². The molecule has 0 unspecified atom stereocenters. The number of carboxylic acid groups (broad SMARTS) is 1. The highest BCUT2D eigenvalue weighted by molar-refractivity contribution is 5.95. The molecule has 0 saturated heterocycles. The topological polar surface area (TPSA) is 75.6 Å². The molecule has 1 aromatic carbocycles. The van der Waals surface area contributed by atoms with Crippen molar-refractivity contribution in [2.24, 2.45) is 11.8 Å². The Kier molecular flexibility index (Phi) is 4.40. The fourth-order valence-electron chi connectivity index (χ4n) is 2.29. The summed E-state index contributed by atoms with van der Waals surface area (Å²) in [5.74, 6) is -1.67. The smallest absolute Gasteiger partial charge is 0.307 e. The molecule has 2 N–H and O–H groups in total. The molecule has 0 aliphatic heterocycles. The van der Waals surface area contributed by atoms with Gasteiger partial charge in [0.15, 0.2) is 0 Å². The molecule has 20 heavy (non-hydrogen) atoms. The predicted octanol–water partition coefficient (Wildman–Crippen LogP) is 2.30. The van der Waals surface area contributed by atoms with Crippen LogP contribution in [0.2, 0.25) is 0 Å². The second-order valence-electron chi connectivity index (χ2n) is 4.71. The predicted molar refractivity (Wildman–Crippen MR) is 74.6 cm³/mol. The van der Waals surface area contributed by atoms with Crippen LogP contribution in [0.15, 0.2) is 36.4 Å². The largest absolute Gasteiger partial charge is 0.497 e. The van der Waals surface area contributed by atoms with Crippen molar-refractivity contribution in [3.63, 3.8) is 0 Å². The van der Waals surface area contributed by atoms with Gasteiger partial charge in [-0.15, -0.1) is 0 Å². The number of hydrogen-bond acceptors (Lipinski definition) is 3. The standard InChI is InChI=1S/C15H17NO4/c1-20-11-8-6-10(7-9-11)16-14(17)12-4-2-3-5-13(12)15(18)19/h2-3,6-9,12-13H,4-5H2,1H3,(H,16,17)(H,18,19)/t12-,13-/m0/s1. The minimum absolute atomic E-state index is 0.257. The van der Waals surface area contributed by atoms with Crippen molar-refractivity contribution in [1.82, 2.24) is 0 Å². The summed E-state index contributed by atoms with van der Waals surface area (Å²) in [6, 6.07) is 6.94. The average Bonchev–Trinajstić information content (AvgIpc) is 2.48. The maximum Gasteiger partial charge on any atom is 0.307 e. The number of methoxy groups -OCH3 is 1. The van der Waals surface area contributed by atoms with Gasteiger partial charge < -0.3 is 15.2 Å². The summed E-state index contributed by atoms with van der Waals surface area (Å²) in [7, 11) is 1.57. The van der Waals surface area contributed by atoms with Crippen LogP contribution in [0, 0.1) is 11.8 Å². The van der Waals surface area contributed by atoms with E-state index in [0.717, 1.165) is 0 Å². The van der Waals surface area contributed by atoms with Crippen LogP contribution in [0.4, 0.5) is 5.69 Å². The number of carbonyl (C=O) groups excluding carboxylic acids is 1. The molecular formula is C15H17NO4. The number of anilines is 1. The molecular weight excluding hydrogens is 258 g/mol. The van der Waals surface area contributed by atoms with Crippen molar-refractivity contribution >= 4 is 17.6 Å². The summed E-state index contributed by atoms with van der Waals surface area (Å²) in [6.07, 6.45) is 4.53. The third-order valence-electron chi connectivity index (χ3n) is 3.44. The second kappa shape index (κ2) is 6.23. The zero-order valence-electron chi connectivity index (χ0n) is 11.2. The van der Waals surface area contributed by atoms with Crippen LogP contribution in [-0.2, 0) is 9.59 Å². The Balaban J connectivity index is 2.06. The number of allylic oxidation sites excluding steroid dienone is 2. The van der Waals surface area contributed by atoms with Gasteiger partial charge in [0.1, 0.15) is 5.75 Å². The first-order valence-electron chi connectivity index (χ1n) is 6.44. The average molecular weight is 275 g/mol. The van der Waals surface area contributed by atoms with Crippen molar-refractivity contribution in [3.8, 4) is 5.75 Å². The molecule has 0 spiro atoms. The molecule has 1 aliphatic rings. The van der Waals surface area contributed by atoms with Crippen LogP contribution >= 0.6 is 0 Å². The molecule has 0 aromatic heterocycles. The lowest BCUT2D eigenvalue weighted by atomic mass is 9.82. The summed E-state index contributed by atoms with van der Waals surface area (Å²) in [5.41, 5.74) is 0.634. The Bertz CT molecular complexity index is 521. The first kappa shape index (κ1) is 14.1. The van der Waals surface area contributed by atoms with E-state index in [1.54, 1.807) is 31.4 Å². The van der Waals surface area contributed by atoms with E-state index in [1.165, 1.54) is 0 Å². The number of rotatable bonds is 4. The molecule has 0 fully saturated rings. The molecule has 1 aliphatic carbocycles. The summed E-state index contributed by atoms with van der Waals surface area (Å²) in [6.45, 7) is 0.